The van der Waals surface area contributed by atoms with Crippen LogP contribution in [0.15, 0.2) is 48.8 Å². The van der Waals surface area contributed by atoms with Gasteiger partial charge >= 0.3 is 0 Å². The number of nitrogens with one attached hydrogen (secondary N) is 2. The zero-order valence-electron chi connectivity index (χ0n) is 12.8. The number of rotatable bonds is 4. The van der Waals surface area contributed by atoms with E-state index in [4.69, 9.17) is 0 Å². The van der Waals surface area contributed by atoms with Crippen LogP contribution in [0.5, 0.6) is 0 Å². The van der Waals surface area contributed by atoms with Crippen molar-refractivity contribution in [2.45, 2.75) is 25.3 Å². The van der Waals surface area contributed by atoms with E-state index in [0.717, 1.165) is 19.3 Å². The number of fused-ring (bicyclic) bond motifs is 1. The standard InChI is InChI=1S/C18H19N3O2/c22-17(12-20-18(23)14-8-10-19-11-9-14)21-16-7-3-5-13-4-1-2-6-15(13)16/h1-2,4,6,8-11,16H,3,5,7,12H2,(H,20,23)(H,21,22). The van der Waals surface area contributed by atoms with E-state index in [-0.39, 0.29) is 24.4 Å². The molecule has 1 aromatic carbocycles. The van der Waals surface area contributed by atoms with Gasteiger partial charge in [0.2, 0.25) is 5.91 Å². The Balaban J connectivity index is 1.55. The van der Waals surface area contributed by atoms with Gasteiger partial charge in [-0.15, -0.1) is 0 Å². The van der Waals surface area contributed by atoms with Crippen LogP contribution in [0.2, 0.25) is 0 Å². The summed E-state index contributed by atoms with van der Waals surface area (Å²) in [6, 6.07) is 11.5. The maximum Gasteiger partial charge on any atom is 0.251 e. The Morgan fingerprint density at radius 1 is 1.13 bits per heavy atom. The molecule has 2 aromatic rings. The first kappa shape index (κ1) is 15.2. The highest BCUT2D eigenvalue weighted by Gasteiger charge is 2.21. The molecule has 0 saturated heterocycles. The quantitative estimate of drug-likeness (QED) is 0.907. The van der Waals surface area contributed by atoms with Crippen LogP contribution in [0, 0.1) is 0 Å². The summed E-state index contributed by atoms with van der Waals surface area (Å²) in [6.07, 6.45) is 6.15. The molecule has 1 unspecified atom stereocenters. The molecule has 1 aliphatic carbocycles. The molecular formula is C18H19N3O2. The normalized spacial score (nSPS) is 16.3. The van der Waals surface area contributed by atoms with Gasteiger partial charge in [-0.1, -0.05) is 24.3 Å². The number of amides is 2. The molecule has 0 saturated carbocycles. The highest BCUT2D eigenvalue weighted by Crippen LogP contribution is 2.29. The van der Waals surface area contributed by atoms with Crippen molar-refractivity contribution >= 4 is 11.8 Å². The van der Waals surface area contributed by atoms with Crippen LogP contribution in [0.1, 0.15) is 40.4 Å². The molecule has 1 aliphatic rings. The third-order valence-electron chi connectivity index (χ3n) is 4.06. The summed E-state index contributed by atoms with van der Waals surface area (Å²) in [5.41, 5.74) is 2.98. The van der Waals surface area contributed by atoms with Crippen LogP contribution >= 0.6 is 0 Å². The Morgan fingerprint density at radius 3 is 2.74 bits per heavy atom. The van der Waals surface area contributed by atoms with Crippen LogP contribution in [0.4, 0.5) is 0 Å². The molecule has 0 aliphatic heterocycles. The molecule has 5 nitrogen and oxygen atoms in total. The monoisotopic (exact) mass is 309 g/mol. The fraction of sp³-hybridized carbons (Fsp3) is 0.278. The Hall–Kier alpha value is -2.69. The molecule has 2 N–H and O–H groups in total. The predicted octanol–water partition coefficient (Wildman–Crippen LogP) is 2.01. The fourth-order valence-electron chi connectivity index (χ4n) is 2.92. The van der Waals surface area contributed by atoms with Crippen LogP contribution in [0.3, 0.4) is 0 Å². The second kappa shape index (κ2) is 7.05. The minimum absolute atomic E-state index is 0.0280. The van der Waals surface area contributed by atoms with E-state index in [1.54, 1.807) is 24.5 Å². The van der Waals surface area contributed by atoms with Crippen LogP contribution < -0.4 is 10.6 Å². The zero-order chi connectivity index (χ0) is 16.1. The molecule has 5 heteroatoms. The molecule has 3 rings (SSSR count). The fourth-order valence-corrected chi connectivity index (χ4v) is 2.92. The van der Waals surface area contributed by atoms with Gasteiger partial charge in [0.05, 0.1) is 12.6 Å². The van der Waals surface area contributed by atoms with Crippen molar-refractivity contribution in [1.29, 1.82) is 0 Å². The lowest BCUT2D eigenvalue weighted by molar-refractivity contribution is -0.121. The molecule has 0 radical (unpaired) electrons. The Kier molecular flexibility index (Phi) is 4.66. The second-order valence-electron chi connectivity index (χ2n) is 5.63. The molecule has 118 valence electrons. The number of aryl methyl sites for hydroxylation is 1. The zero-order valence-corrected chi connectivity index (χ0v) is 12.8. The summed E-state index contributed by atoms with van der Waals surface area (Å²) < 4.78 is 0. The minimum atomic E-state index is -0.272. The predicted molar refractivity (Wildman–Crippen MR) is 86.8 cm³/mol. The summed E-state index contributed by atoms with van der Waals surface area (Å²) in [6.45, 7) is -0.0280. The van der Waals surface area contributed by atoms with Gasteiger partial charge in [-0.25, -0.2) is 0 Å². The lowest BCUT2D eigenvalue weighted by Crippen LogP contribution is -2.39. The topological polar surface area (TPSA) is 71.1 Å². The Labute approximate surface area is 135 Å². The maximum atomic E-state index is 12.1. The first-order chi connectivity index (χ1) is 11.2. The van der Waals surface area contributed by atoms with Crippen LogP contribution in [-0.2, 0) is 11.2 Å². The van der Waals surface area contributed by atoms with Gasteiger partial charge in [0.15, 0.2) is 0 Å². The van der Waals surface area contributed by atoms with Gasteiger partial charge in [0, 0.05) is 18.0 Å². The summed E-state index contributed by atoms with van der Waals surface area (Å²) in [5.74, 6) is -0.444. The van der Waals surface area contributed by atoms with Gasteiger partial charge in [-0.3, -0.25) is 14.6 Å². The molecule has 1 atom stereocenters. The molecule has 0 bridgehead atoms. The summed E-state index contributed by atoms with van der Waals surface area (Å²) >= 11 is 0. The molecule has 0 fully saturated rings. The second-order valence-corrected chi connectivity index (χ2v) is 5.63. The number of benzene rings is 1. The highest BCUT2D eigenvalue weighted by molar-refractivity contribution is 5.96. The maximum absolute atomic E-state index is 12.1. The molecular weight excluding hydrogens is 290 g/mol. The first-order valence-electron chi connectivity index (χ1n) is 7.79. The van der Waals surface area contributed by atoms with Crippen molar-refractivity contribution in [2.24, 2.45) is 0 Å². The third kappa shape index (κ3) is 3.74. The van der Waals surface area contributed by atoms with E-state index >= 15 is 0 Å². The van der Waals surface area contributed by atoms with Gasteiger partial charge < -0.3 is 10.6 Å². The van der Waals surface area contributed by atoms with E-state index in [2.05, 4.69) is 27.8 Å². The van der Waals surface area contributed by atoms with Crippen LogP contribution in [-0.4, -0.2) is 23.3 Å². The van der Waals surface area contributed by atoms with E-state index in [0.29, 0.717) is 5.56 Å². The number of pyridine rings is 1. The summed E-state index contributed by atoms with van der Waals surface area (Å²) in [5, 5.41) is 5.65. The summed E-state index contributed by atoms with van der Waals surface area (Å²) in [4.78, 5) is 27.9. The number of aromatic nitrogens is 1. The third-order valence-corrected chi connectivity index (χ3v) is 4.06. The molecule has 0 spiro atoms. The van der Waals surface area contributed by atoms with Crippen LogP contribution in [0.25, 0.3) is 0 Å². The average Bonchev–Trinajstić information content (AvgIpc) is 2.61. The Morgan fingerprint density at radius 2 is 1.91 bits per heavy atom. The van der Waals surface area contributed by atoms with Crippen molar-refractivity contribution in [3.8, 4) is 0 Å². The van der Waals surface area contributed by atoms with Gasteiger partial charge in [0.25, 0.3) is 5.91 Å². The van der Waals surface area contributed by atoms with Crippen molar-refractivity contribution in [2.75, 3.05) is 6.54 Å². The van der Waals surface area contributed by atoms with E-state index < -0.39 is 0 Å². The van der Waals surface area contributed by atoms with Gasteiger partial charge in [0.1, 0.15) is 0 Å². The largest absolute Gasteiger partial charge is 0.348 e. The highest BCUT2D eigenvalue weighted by atomic mass is 16.2. The number of carbonyl (C=O) groups is 2. The van der Waals surface area contributed by atoms with E-state index in [9.17, 15) is 9.59 Å². The molecule has 2 amide bonds. The number of carbonyl (C=O) groups excluding carboxylic acids is 2. The molecule has 1 heterocycles. The minimum Gasteiger partial charge on any atom is -0.348 e. The van der Waals surface area contributed by atoms with Crippen molar-refractivity contribution in [1.82, 2.24) is 15.6 Å². The smallest absolute Gasteiger partial charge is 0.251 e. The van der Waals surface area contributed by atoms with Gasteiger partial charge in [-0.2, -0.15) is 0 Å². The number of hydrogen-bond donors (Lipinski definition) is 2. The summed E-state index contributed by atoms with van der Waals surface area (Å²) in [7, 11) is 0. The van der Waals surface area contributed by atoms with Crippen molar-refractivity contribution < 1.29 is 9.59 Å². The first-order valence-corrected chi connectivity index (χ1v) is 7.79. The molecule has 1 aromatic heterocycles. The number of hydrogen-bond acceptors (Lipinski definition) is 3. The van der Waals surface area contributed by atoms with E-state index in [1.165, 1.54) is 11.1 Å². The van der Waals surface area contributed by atoms with E-state index in [1.807, 2.05) is 12.1 Å². The number of nitrogens with zero attached hydrogens (tertiary/aromatic N) is 1. The molecule has 23 heavy (non-hydrogen) atoms. The lowest BCUT2D eigenvalue weighted by Gasteiger charge is -2.26. The lowest BCUT2D eigenvalue weighted by atomic mass is 9.88. The SMILES string of the molecule is O=C(CNC(=O)c1ccncc1)NC1CCCc2ccccc21. The van der Waals surface area contributed by atoms with Crippen molar-refractivity contribution in [3.63, 3.8) is 0 Å². The van der Waals surface area contributed by atoms with Gasteiger partial charge in [-0.05, 0) is 42.5 Å². The average molecular weight is 309 g/mol. The van der Waals surface area contributed by atoms with Crippen molar-refractivity contribution in [3.05, 3.63) is 65.5 Å². The Bertz CT molecular complexity index is 700.